The lowest BCUT2D eigenvalue weighted by atomic mass is 10.1. The van der Waals surface area contributed by atoms with E-state index < -0.39 is 5.97 Å². The van der Waals surface area contributed by atoms with Gasteiger partial charge in [-0.15, -0.1) is 0 Å². The van der Waals surface area contributed by atoms with Crippen LogP contribution in [0.1, 0.15) is 56.4 Å². The second kappa shape index (κ2) is 6.19. The molecule has 2 aromatic heterocycles. The lowest BCUT2D eigenvalue weighted by Gasteiger charge is -2.10. The first kappa shape index (κ1) is 17.2. The van der Waals surface area contributed by atoms with Gasteiger partial charge >= 0.3 is 5.97 Å². The lowest BCUT2D eigenvalue weighted by Crippen LogP contribution is -2.14. The summed E-state index contributed by atoms with van der Waals surface area (Å²) in [7, 11) is 1.82. The molecule has 0 saturated heterocycles. The summed E-state index contributed by atoms with van der Waals surface area (Å²) in [5, 5.41) is 17.3. The summed E-state index contributed by atoms with van der Waals surface area (Å²) in [5.41, 5.74) is 4.12. The first-order valence-electron chi connectivity index (χ1n) is 8.84. The van der Waals surface area contributed by atoms with E-state index in [0.29, 0.717) is 28.4 Å². The quantitative estimate of drug-likeness (QED) is 0.739. The van der Waals surface area contributed by atoms with Gasteiger partial charge in [-0.25, -0.2) is 9.78 Å². The molecule has 3 aromatic rings. The van der Waals surface area contributed by atoms with Gasteiger partial charge in [-0.1, -0.05) is 6.07 Å². The number of nitrogens with one attached hydrogen (secondary N) is 1. The Bertz CT molecular complexity index is 1100. The van der Waals surface area contributed by atoms with E-state index in [0.717, 1.165) is 29.6 Å². The van der Waals surface area contributed by atoms with Gasteiger partial charge in [0, 0.05) is 24.3 Å². The zero-order chi connectivity index (χ0) is 19.3. The fourth-order valence-electron chi connectivity index (χ4n) is 3.36. The first-order chi connectivity index (χ1) is 12.8. The van der Waals surface area contributed by atoms with Gasteiger partial charge in [0.1, 0.15) is 0 Å². The second-order valence-corrected chi connectivity index (χ2v) is 7.07. The summed E-state index contributed by atoms with van der Waals surface area (Å²) in [6, 6.07) is 6.71. The molecule has 1 saturated carbocycles. The number of carbonyl (C=O) groups is 2. The predicted molar refractivity (Wildman–Crippen MR) is 101 cm³/mol. The van der Waals surface area contributed by atoms with Gasteiger partial charge in [-0.05, 0) is 50.5 Å². The van der Waals surface area contributed by atoms with Crippen molar-refractivity contribution in [1.29, 1.82) is 0 Å². The summed E-state index contributed by atoms with van der Waals surface area (Å²) in [6.45, 7) is 3.58. The summed E-state index contributed by atoms with van der Waals surface area (Å²) in [6.07, 6.45) is 2.16. The molecule has 7 nitrogen and oxygen atoms in total. The zero-order valence-electron chi connectivity index (χ0n) is 15.4. The van der Waals surface area contributed by atoms with E-state index in [2.05, 4.69) is 10.4 Å². The number of nitrogens with zero attached hydrogens (tertiary/aromatic N) is 3. The molecule has 138 valence electrons. The largest absolute Gasteiger partial charge is 0.478 e. The molecule has 4 rings (SSSR count). The number of amides is 1. The monoisotopic (exact) mass is 364 g/mol. The van der Waals surface area contributed by atoms with Gasteiger partial charge in [0.05, 0.1) is 22.2 Å². The normalized spacial score (nSPS) is 13.7. The molecular weight excluding hydrogens is 344 g/mol. The maximum Gasteiger partial charge on any atom is 0.336 e. The van der Waals surface area contributed by atoms with E-state index in [-0.39, 0.29) is 11.5 Å². The Kier molecular flexibility index (Phi) is 3.95. The minimum Gasteiger partial charge on any atom is -0.478 e. The van der Waals surface area contributed by atoms with Crippen LogP contribution in [0.25, 0.3) is 11.0 Å². The Morgan fingerprint density at radius 1 is 1.19 bits per heavy atom. The molecule has 0 aliphatic heterocycles. The standard InChI is InChI=1S/C20H20N4O3/c1-10-4-7-13(8-14(10)20(26)27)21-19(25)15-9-16(12-5-6-12)22-18-17(15)11(2)23-24(18)3/h4,7-9,12H,5-6H2,1-3H3,(H,21,25)(H,26,27). The highest BCUT2D eigenvalue weighted by Gasteiger charge is 2.28. The molecule has 27 heavy (non-hydrogen) atoms. The van der Waals surface area contributed by atoms with Crippen molar-refractivity contribution in [3.63, 3.8) is 0 Å². The molecule has 1 aromatic carbocycles. The minimum atomic E-state index is -1.02. The number of carboxylic acids is 1. The number of anilines is 1. The number of hydrogen-bond acceptors (Lipinski definition) is 4. The van der Waals surface area contributed by atoms with E-state index in [1.807, 2.05) is 20.0 Å². The summed E-state index contributed by atoms with van der Waals surface area (Å²) in [4.78, 5) is 29.1. The summed E-state index contributed by atoms with van der Waals surface area (Å²) in [5.74, 6) is -0.913. The van der Waals surface area contributed by atoms with Crippen LogP contribution in [0.4, 0.5) is 5.69 Å². The number of rotatable bonds is 4. The number of carbonyl (C=O) groups excluding carboxylic acids is 1. The average Bonchev–Trinajstić information content (AvgIpc) is 3.42. The third-order valence-electron chi connectivity index (χ3n) is 4.95. The molecular formula is C20H20N4O3. The van der Waals surface area contributed by atoms with E-state index >= 15 is 0 Å². The number of aromatic nitrogens is 3. The van der Waals surface area contributed by atoms with E-state index in [9.17, 15) is 14.7 Å². The second-order valence-electron chi connectivity index (χ2n) is 7.07. The van der Waals surface area contributed by atoms with Gasteiger partial charge in [0.2, 0.25) is 0 Å². The predicted octanol–water partition coefficient (Wildman–Crippen LogP) is 3.41. The van der Waals surface area contributed by atoms with Crippen LogP contribution in [0.2, 0.25) is 0 Å². The maximum absolute atomic E-state index is 13.0. The van der Waals surface area contributed by atoms with Crippen LogP contribution in [0, 0.1) is 13.8 Å². The van der Waals surface area contributed by atoms with Crippen molar-refractivity contribution in [3.8, 4) is 0 Å². The number of fused-ring (bicyclic) bond motifs is 1. The van der Waals surface area contributed by atoms with Crippen molar-refractivity contribution in [2.45, 2.75) is 32.6 Å². The average molecular weight is 364 g/mol. The smallest absolute Gasteiger partial charge is 0.336 e. The molecule has 2 N–H and O–H groups in total. The van der Waals surface area contributed by atoms with Crippen molar-refractivity contribution in [2.24, 2.45) is 7.05 Å². The summed E-state index contributed by atoms with van der Waals surface area (Å²) >= 11 is 0. The molecule has 7 heteroatoms. The number of aromatic carboxylic acids is 1. The zero-order valence-corrected chi connectivity index (χ0v) is 15.4. The van der Waals surface area contributed by atoms with Crippen molar-refractivity contribution in [1.82, 2.24) is 14.8 Å². The Morgan fingerprint density at radius 3 is 2.59 bits per heavy atom. The van der Waals surface area contributed by atoms with E-state index in [4.69, 9.17) is 4.98 Å². The van der Waals surface area contributed by atoms with E-state index in [1.165, 1.54) is 6.07 Å². The molecule has 0 radical (unpaired) electrons. The van der Waals surface area contributed by atoms with Crippen LogP contribution in [0.5, 0.6) is 0 Å². The fourth-order valence-corrected chi connectivity index (χ4v) is 3.36. The molecule has 0 bridgehead atoms. The third-order valence-corrected chi connectivity index (χ3v) is 4.95. The highest BCUT2D eigenvalue weighted by atomic mass is 16.4. The first-order valence-corrected chi connectivity index (χ1v) is 8.84. The number of pyridine rings is 1. The van der Waals surface area contributed by atoms with Gasteiger partial charge in [0.25, 0.3) is 5.91 Å². The van der Waals surface area contributed by atoms with Crippen LogP contribution < -0.4 is 5.32 Å². The van der Waals surface area contributed by atoms with Crippen LogP contribution in [-0.4, -0.2) is 31.7 Å². The van der Waals surface area contributed by atoms with Gasteiger partial charge in [-0.3, -0.25) is 9.48 Å². The Balaban J connectivity index is 1.76. The lowest BCUT2D eigenvalue weighted by molar-refractivity contribution is 0.0695. The number of carboxylic acid groups (broad SMARTS) is 1. The Morgan fingerprint density at radius 2 is 1.93 bits per heavy atom. The fraction of sp³-hybridized carbons (Fsp3) is 0.300. The van der Waals surface area contributed by atoms with Gasteiger partial charge in [0.15, 0.2) is 5.65 Å². The molecule has 0 unspecified atom stereocenters. The van der Waals surface area contributed by atoms with Crippen LogP contribution >= 0.6 is 0 Å². The number of hydrogen-bond donors (Lipinski definition) is 2. The SMILES string of the molecule is Cc1ccc(NC(=O)c2cc(C3CC3)nc3c2c(C)nn3C)cc1C(=O)O. The van der Waals surface area contributed by atoms with E-state index in [1.54, 1.807) is 23.7 Å². The van der Waals surface area contributed by atoms with Gasteiger partial charge in [-0.2, -0.15) is 5.10 Å². The number of benzene rings is 1. The third kappa shape index (κ3) is 3.05. The molecule has 0 atom stereocenters. The highest BCUT2D eigenvalue weighted by molar-refractivity contribution is 6.13. The van der Waals surface area contributed by atoms with Crippen molar-refractivity contribution in [3.05, 3.63) is 52.3 Å². The Labute approximate surface area is 156 Å². The maximum atomic E-state index is 13.0. The topological polar surface area (TPSA) is 97.1 Å². The number of aryl methyl sites for hydroxylation is 3. The van der Waals surface area contributed by atoms with Crippen LogP contribution in [0.15, 0.2) is 24.3 Å². The van der Waals surface area contributed by atoms with Crippen molar-refractivity contribution < 1.29 is 14.7 Å². The molecule has 1 aliphatic rings. The molecule has 2 heterocycles. The summed E-state index contributed by atoms with van der Waals surface area (Å²) < 4.78 is 1.70. The molecule has 1 aliphatic carbocycles. The molecule has 0 spiro atoms. The van der Waals surface area contributed by atoms with Crippen molar-refractivity contribution in [2.75, 3.05) is 5.32 Å². The molecule has 1 amide bonds. The highest BCUT2D eigenvalue weighted by Crippen LogP contribution is 2.40. The Hall–Kier alpha value is -3.22. The van der Waals surface area contributed by atoms with Crippen LogP contribution in [-0.2, 0) is 7.05 Å². The minimum absolute atomic E-state index is 0.170. The molecule has 1 fully saturated rings. The van der Waals surface area contributed by atoms with Gasteiger partial charge < -0.3 is 10.4 Å². The van der Waals surface area contributed by atoms with Crippen molar-refractivity contribution >= 4 is 28.6 Å². The van der Waals surface area contributed by atoms with Crippen LogP contribution in [0.3, 0.4) is 0 Å².